The van der Waals surface area contributed by atoms with Crippen LogP contribution in [0.25, 0.3) is 0 Å². The molecule has 6 nitrogen and oxygen atoms in total. The molecule has 0 saturated carbocycles. The van der Waals surface area contributed by atoms with Crippen molar-refractivity contribution >= 4 is 29.1 Å². The minimum atomic E-state index is -0.0905. The third kappa shape index (κ3) is 5.91. The average Bonchev–Trinajstić information content (AvgIpc) is 2.78. The first-order valence-corrected chi connectivity index (χ1v) is 10.9. The molecule has 31 heavy (non-hydrogen) atoms. The fourth-order valence-corrected chi connectivity index (χ4v) is 4.12. The summed E-state index contributed by atoms with van der Waals surface area (Å²) in [6.45, 7) is 3.34. The molecular weight excluding hydrogens is 416 g/mol. The molecule has 0 unspecified atom stereocenters. The van der Waals surface area contributed by atoms with Crippen LogP contribution in [0, 0.1) is 12.8 Å². The van der Waals surface area contributed by atoms with Crippen molar-refractivity contribution in [3.8, 4) is 11.5 Å². The highest BCUT2D eigenvalue weighted by atomic mass is 35.5. The highest BCUT2D eigenvalue weighted by Crippen LogP contribution is 2.29. The summed E-state index contributed by atoms with van der Waals surface area (Å²) < 4.78 is 10.6. The molecule has 1 aliphatic heterocycles. The van der Waals surface area contributed by atoms with Crippen LogP contribution in [-0.2, 0) is 4.79 Å². The maximum absolute atomic E-state index is 13.0. The first kappa shape index (κ1) is 22.9. The number of hydrogen-bond acceptors (Lipinski definition) is 4. The zero-order valence-corrected chi connectivity index (χ0v) is 19.0. The number of nitrogens with zero attached hydrogens (tertiary/aromatic N) is 1. The van der Waals surface area contributed by atoms with Gasteiger partial charge >= 0.3 is 0 Å². The van der Waals surface area contributed by atoms with E-state index in [1.165, 1.54) is 0 Å². The Morgan fingerprint density at radius 3 is 2.65 bits per heavy atom. The number of ether oxygens (including phenoxy) is 2. The van der Waals surface area contributed by atoms with E-state index in [-0.39, 0.29) is 17.7 Å². The average molecular weight is 445 g/mol. The smallest absolute Gasteiger partial charge is 0.253 e. The van der Waals surface area contributed by atoms with Gasteiger partial charge in [0.05, 0.1) is 19.9 Å². The molecule has 3 rings (SSSR count). The van der Waals surface area contributed by atoms with Crippen molar-refractivity contribution < 1.29 is 19.1 Å². The topological polar surface area (TPSA) is 67.9 Å². The van der Waals surface area contributed by atoms with Gasteiger partial charge in [-0.25, -0.2) is 0 Å². The van der Waals surface area contributed by atoms with Crippen LogP contribution in [0.1, 0.15) is 41.6 Å². The summed E-state index contributed by atoms with van der Waals surface area (Å²) in [7, 11) is 3.16. The molecule has 1 N–H and O–H groups in total. The highest BCUT2D eigenvalue weighted by Gasteiger charge is 2.25. The summed E-state index contributed by atoms with van der Waals surface area (Å²) in [4.78, 5) is 27.3. The number of piperidine rings is 1. The van der Waals surface area contributed by atoms with Crippen LogP contribution in [0.4, 0.5) is 5.69 Å². The van der Waals surface area contributed by atoms with Gasteiger partial charge in [-0.3, -0.25) is 9.59 Å². The predicted octanol–water partition coefficient (Wildman–Crippen LogP) is 4.94. The largest absolute Gasteiger partial charge is 0.496 e. The second kappa shape index (κ2) is 10.5. The molecule has 1 saturated heterocycles. The molecule has 1 heterocycles. The van der Waals surface area contributed by atoms with Gasteiger partial charge in [-0.15, -0.1) is 0 Å². The molecule has 166 valence electrons. The van der Waals surface area contributed by atoms with E-state index in [9.17, 15) is 9.59 Å². The van der Waals surface area contributed by atoms with E-state index in [4.69, 9.17) is 21.1 Å². The molecule has 1 atom stereocenters. The summed E-state index contributed by atoms with van der Waals surface area (Å²) >= 11 is 6.03. The van der Waals surface area contributed by atoms with Crippen molar-refractivity contribution in [3.05, 3.63) is 52.5 Å². The van der Waals surface area contributed by atoms with Crippen LogP contribution in [0.3, 0.4) is 0 Å². The maximum Gasteiger partial charge on any atom is 0.253 e. The van der Waals surface area contributed by atoms with Crippen molar-refractivity contribution in [2.24, 2.45) is 5.92 Å². The van der Waals surface area contributed by atoms with Crippen LogP contribution < -0.4 is 14.8 Å². The first-order valence-electron chi connectivity index (χ1n) is 10.5. The third-order valence-electron chi connectivity index (χ3n) is 5.68. The Morgan fingerprint density at radius 1 is 1.13 bits per heavy atom. The van der Waals surface area contributed by atoms with Gasteiger partial charge < -0.3 is 19.7 Å². The van der Waals surface area contributed by atoms with E-state index in [0.717, 1.165) is 31.4 Å². The van der Waals surface area contributed by atoms with Crippen LogP contribution >= 0.6 is 11.6 Å². The SMILES string of the molecule is COc1cc(C(=O)N2CCC[C@@H](CCC(=O)Nc3cc(Cl)ccc3OC)C2)ccc1C. The molecule has 7 heteroatoms. The molecule has 0 aromatic heterocycles. The molecule has 1 aliphatic rings. The number of methoxy groups -OCH3 is 2. The van der Waals surface area contributed by atoms with E-state index in [1.54, 1.807) is 38.5 Å². The molecule has 0 spiro atoms. The summed E-state index contributed by atoms with van der Waals surface area (Å²) in [5, 5.41) is 3.41. The van der Waals surface area contributed by atoms with Gasteiger partial charge in [-0.2, -0.15) is 0 Å². The zero-order chi connectivity index (χ0) is 22.4. The van der Waals surface area contributed by atoms with E-state index >= 15 is 0 Å². The summed E-state index contributed by atoms with van der Waals surface area (Å²) in [6.07, 6.45) is 3.04. The number of rotatable bonds is 7. The zero-order valence-electron chi connectivity index (χ0n) is 18.2. The van der Waals surface area contributed by atoms with E-state index < -0.39 is 0 Å². The predicted molar refractivity (Wildman–Crippen MR) is 122 cm³/mol. The Kier molecular flexibility index (Phi) is 7.80. The fourth-order valence-electron chi connectivity index (χ4n) is 3.95. The van der Waals surface area contributed by atoms with Crippen LogP contribution in [0.5, 0.6) is 11.5 Å². The second-order valence-electron chi connectivity index (χ2n) is 7.88. The summed E-state index contributed by atoms with van der Waals surface area (Å²) in [6, 6.07) is 10.7. The Labute approximate surface area is 188 Å². The number of aryl methyl sites for hydroxylation is 1. The van der Waals surface area contributed by atoms with Crippen molar-refractivity contribution in [2.75, 3.05) is 32.6 Å². The van der Waals surface area contributed by atoms with Gasteiger partial charge in [0.25, 0.3) is 5.91 Å². The monoisotopic (exact) mass is 444 g/mol. The van der Waals surface area contributed by atoms with E-state index in [1.807, 2.05) is 24.0 Å². The standard InChI is InChI=1S/C24H29ClN2O4/c1-16-6-8-18(13-22(16)31-3)24(29)27-12-4-5-17(15-27)7-11-23(28)26-20-14-19(25)9-10-21(20)30-2/h6,8-10,13-14,17H,4-5,7,11-12,15H2,1-3H3,(H,26,28)/t17-/m0/s1. The second-order valence-corrected chi connectivity index (χ2v) is 8.31. The first-order chi connectivity index (χ1) is 14.9. The van der Waals surface area contributed by atoms with E-state index in [2.05, 4.69) is 5.32 Å². The number of carbonyl (C=O) groups is 2. The molecule has 2 aromatic carbocycles. The van der Waals surface area contributed by atoms with Crippen LogP contribution in [0.15, 0.2) is 36.4 Å². The van der Waals surface area contributed by atoms with Gasteiger partial charge in [0.1, 0.15) is 11.5 Å². The van der Waals surface area contributed by atoms with Gasteiger partial charge in [0.15, 0.2) is 0 Å². The lowest BCUT2D eigenvalue weighted by Crippen LogP contribution is -2.40. The van der Waals surface area contributed by atoms with Gasteiger partial charge in [-0.05, 0) is 68.0 Å². The van der Waals surface area contributed by atoms with Gasteiger partial charge in [0.2, 0.25) is 5.91 Å². The number of likely N-dealkylation sites (tertiary alicyclic amines) is 1. The molecule has 0 radical (unpaired) electrons. The number of carbonyl (C=O) groups excluding carboxylic acids is 2. The van der Waals surface area contributed by atoms with Crippen LogP contribution in [0.2, 0.25) is 5.02 Å². The third-order valence-corrected chi connectivity index (χ3v) is 5.91. The lowest BCUT2D eigenvalue weighted by molar-refractivity contribution is -0.116. The number of halogens is 1. The quantitative estimate of drug-likeness (QED) is 0.657. The van der Waals surface area contributed by atoms with Crippen molar-refractivity contribution in [1.29, 1.82) is 0 Å². The maximum atomic E-state index is 13.0. The molecule has 0 aliphatic carbocycles. The Morgan fingerprint density at radius 2 is 1.90 bits per heavy atom. The lowest BCUT2D eigenvalue weighted by Gasteiger charge is -2.33. The van der Waals surface area contributed by atoms with Gasteiger partial charge in [0, 0.05) is 30.1 Å². The van der Waals surface area contributed by atoms with E-state index in [0.29, 0.717) is 40.7 Å². The Balaban J connectivity index is 1.56. The van der Waals surface area contributed by atoms with Crippen molar-refractivity contribution in [3.63, 3.8) is 0 Å². The molecule has 0 bridgehead atoms. The minimum absolute atomic E-state index is 0.0103. The number of benzene rings is 2. The van der Waals surface area contributed by atoms with Crippen LogP contribution in [-0.4, -0.2) is 44.0 Å². The number of amides is 2. The summed E-state index contributed by atoms with van der Waals surface area (Å²) in [5.41, 5.74) is 2.19. The fraction of sp³-hybridized carbons (Fsp3) is 0.417. The molecule has 2 amide bonds. The highest BCUT2D eigenvalue weighted by molar-refractivity contribution is 6.31. The van der Waals surface area contributed by atoms with Crippen molar-refractivity contribution in [2.45, 2.75) is 32.6 Å². The molecule has 2 aromatic rings. The minimum Gasteiger partial charge on any atom is -0.496 e. The Hall–Kier alpha value is -2.73. The normalized spacial score (nSPS) is 16.0. The Bertz CT molecular complexity index is 947. The number of nitrogens with one attached hydrogen (secondary N) is 1. The molecular formula is C24H29ClN2O4. The van der Waals surface area contributed by atoms with Gasteiger partial charge in [-0.1, -0.05) is 17.7 Å². The summed E-state index contributed by atoms with van der Waals surface area (Å²) in [5.74, 6) is 1.49. The number of hydrogen-bond donors (Lipinski definition) is 1. The van der Waals surface area contributed by atoms with Crippen molar-refractivity contribution in [1.82, 2.24) is 4.90 Å². The molecule has 1 fully saturated rings. The lowest BCUT2D eigenvalue weighted by atomic mass is 9.92. The number of anilines is 1.